The van der Waals surface area contributed by atoms with Crippen molar-refractivity contribution in [3.8, 4) is 0 Å². The molecule has 0 saturated heterocycles. The number of thiophene rings is 1. The van der Waals surface area contributed by atoms with Gasteiger partial charge in [-0.3, -0.25) is 0 Å². The fourth-order valence-electron chi connectivity index (χ4n) is 1.19. The molecular formula is C11H19BrIN3S. The number of nitrogens with one attached hydrogen (secondary N) is 2. The predicted molar refractivity (Wildman–Crippen MR) is 90.5 cm³/mol. The summed E-state index contributed by atoms with van der Waals surface area (Å²) in [6.45, 7) is 7.88. The van der Waals surface area contributed by atoms with Crippen LogP contribution < -0.4 is 10.6 Å². The summed E-state index contributed by atoms with van der Waals surface area (Å²) in [5.41, 5.74) is 0. The summed E-state index contributed by atoms with van der Waals surface area (Å²) >= 11 is 5.17. The maximum atomic E-state index is 4.52. The number of rotatable bonds is 4. The molecule has 98 valence electrons. The molecule has 0 aliphatic rings. The van der Waals surface area contributed by atoms with E-state index < -0.39 is 0 Å². The van der Waals surface area contributed by atoms with E-state index in [0.29, 0.717) is 6.04 Å². The van der Waals surface area contributed by atoms with Gasteiger partial charge in [-0.15, -0.1) is 35.3 Å². The lowest BCUT2D eigenvalue weighted by molar-refractivity contribution is 0.701. The third kappa shape index (κ3) is 7.25. The predicted octanol–water partition coefficient (Wildman–Crippen LogP) is 3.59. The number of halogens is 2. The molecule has 3 nitrogen and oxygen atoms in total. The second kappa shape index (κ2) is 9.16. The van der Waals surface area contributed by atoms with Crippen LogP contribution >= 0.6 is 51.2 Å². The molecule has 0 saturated carbocycles. The zero-order chi connectivity index (χ0) is 12.0. The normalized spacial score (nSPS) is 11.2. The third-order valence-electron chi connectivity index (χ3n) is 1.79. The zero-order valence-corrected chi connectivity index (χ0v) is 15.0. The standard InChI is InChI=1S/C11H18BrN3S.HI/c1-4-13-11(15-8(2)3)14-7-9-5-6-10(12)16-9;/h5-6,8H,4,7H2,1-3H3,(H2,13,14,15);1H. The molecule has 0 aromatic carbocycles. The van der Waals surface area contributed by atoms with E-state index in [1.165, 1.54) is 4.88 Å². The minimum atomic E-state index is 0. The van der Waals surface area contributed by atoms with Crippen LogP contribution in [0.3, 0.4) is 0 Å². The summed E-state index contributed by atoms with van der Waals surface area (Å²) in [5, 5.41) is 6.51. The van der Waals surface area contributed by atoms with Gasteiger partial charge in [0.25, 0.3) is 0 Å². The number of hydrogen-bond donors (Lipinski definition) is 2. The molecule has 0 radical (unpaired) electrons. The number of guanidine groups is 1. The number of hydrogen-bond acceptors (Lipinski definition) is 2. The van der Waals surface area contributed by atoms with Crippen molar-refractivity contribution in [2.24, 2.45) is 4.99 Å². The Balaban J connectivity index is 0.00000256. The molecule has 1 rings (SSSR count). The minimum absolute atomic E-state index is 0. The monoisotopic (exact) mass is 431 g/mol. The smallest absolute Gasteiger partial charge is 0.191 e. The second-order valence-corrected chi connectivity index (χ2v) is 6.25. The van der Waals surface area contributed by atoms with Crippen molar-refractivity contribution in [3.63, 3.8) is 0 Å². The second-order valence-electron chi connectivity index (χ2n) is 3.70. The van der Waals surface area contributed by atoms with Crippen molar-refractivity contribution >= 4 is 57.2 Å². The maximum Gasteiger partial charge on any atom is 0.191 e. The van der Waals surface area contributed by atoms with Crippen LogP contribution in [0, 0.1) is 0 Å². The van der Waals surface area contributed by atoms with E-state index in [-0.39, 0.29) is 24.0 Å². The molecule has 1 aromatic heterocycles. The van der Waals surface area contributed by atoms with Crippen molar-refractivity contribution < 1.29 is 0 Å². The summed E-state index contributed by atoms with van der Waals surface area (Å²) in [6, 6.07) is 4.54. The summed E-state index contributed by atoms with van der Waals surface area (Å²) < 4.78 is 1.15. The molecule has 0 amide bonds. The Labute approximate surface area is 133 Å². The van der Waals surface area contributed by atoms with Gasteiger partial charge in [0.15, 0.2) is 5.96 Å². The highest BCUT2D eigenvalue weighted by Crippen LogP contribution is 2.22. The van der Waals surface area contributed by atoms with Gasteiger partial charge >= 0.3 is 0 Å². The molecule has 0 atom stereocenters. The van der Waals surface area contributed by atoms with Crippen LogP contribution in [0.2, 0.25) is 0 Å². The zero-order valence-electron chi connectivity index (χ0n) is 10.3. The van der Waals surface area contributed by atoms with Gasteiger partial charge in [0.05, 0.1) is 10.3 Å². The number of aliphatic imine (C=N–C) groups is 1. The first kappa shape index (κ1) is 17.2. The first-order chi connectivity index (χ1) is 7.61. The summed E-state index contributed by atoms with van der Waals surface area (Å²) in [5.74, 6) is 0.877. The van der Waals surface area contributed by atoms with E-state index in [9.17, 15) is 0 Å². The van der Waals surface area contributed by atoms with Gasteiger partial charge in [-0.25, -0.2) is 4.99 Å². The Hall–Kier alpha value is 0.180. The van der Waals surface area contributed by atoms with Crippen molar-refractivity contribution in [1.82, 2.24) is 10.6 Å². The quantitative estimate of drug-likeness (QED) is 0.434. The fourth-order valence-corrected chi connectivity index (χ4v) is 2.59. The van der Waals surface area contributed by atoms with Crippen LogP contribution in [-0.4, -0.2) is 18.5 Å². The van der Waals surface area contributed by atoms with Gasteiger partial charge in [-0.2, -0.15) is 0 Å². The summed E-state index contributed by atoms with van der Waals surface area (Å²) in [6.07, 6.45) is 0. The van der Waals surface area contributed by atoms with Crippen LogP contribution in [0.15, 0.2) is 20.9 Å². The average Bonchev–Trinajstić information content (AvgIpc) is 2.60. The lowest BCUT2D eigenvalue weighted by Crippen LogP contribution is -2.40. The Morgan fingerprint density at radius 1 is 1.47 bits per heavy atom. The Bertz CT molecular complexity index is 352. The SMILES string of the molecule is CCNC(=NCc1ccc(Br)s1)NC(C)C.I. The molecule has 6 heteroatoms. The van der Waals surface area contributed by atoms with E-state index in [0.717, 1.165) is 22.8 Å². The molecule has 2 N–H and O–H groups in total. The molecule has 0 unspecified atom stereocenters. The molecule has 1 heterocycles. The molecular weight excluding hydrogens is 413 g/mol. The van der Waals surface area contributed by atoms with Crippen molar-refractivity contribution in [2.45, 2.75) is 33.4 Å². The minimum Gasteiger partial charge on any atom is -0.357 e. The van der Waals surface area contributed by atoms with Crippen LogP contribution in [0.1, 0.15) is 25.6 Å². The fraction of sp³-hybridized carbons (Fsp3) is 0.545. The van der Waals surface area contributed by atoms with Crippen molar-refractivity contribution in [2.75, 3.05) is 6.54 Å². The summed E-state index contributed by atoms with van der Waals surface area (Å²) in [7, 11) is 0. The van der Waals surface area contributed by atoms with Crippen molar-refractivity contribution in [1.29, 1.82) is 0 Å². The lowest BCUT2D eigenvalue weighted by atomic mass is 10.4. The molecule has 0 aliphatic heterocycles. The molecule has 0 spiro atoms. The van der Waals surface area contributed by atoms with Crippen LogP contribution in [0.25, 0.3) is 0 Å². The molecule has 0 fully saturated rings. The highest BCUT2D eigenvalue weighted by atomic mass is 127. The van der Waals surface area contributed by atoms with E-state index in [4.69, 9.17) is 0 Å². The van der Waals surface area contributed by atoms with Gasteiger partial charge in [-0.1, -0.05) is 0 Å². The lowest BCUT2D eigenvalue weighted by Gasteiger charge is -2.13. The van der Waals surface area contributed by atoms with Gasteiger partial charge in [0.2, 0.25) is 0 Å². The Morgan fingerprint density at radius 3 is 2.65 bits per heavy atom. The Kier molecular flexibility index (Phi) is 9.25. The van der Waals surface area contributed by atoms with Crippen molar-refractivity contribution in [3.05, 3.63) is 20.8 Å². The van der Waals surface area contributed by atoms with Gasteiger partial charge < -0.3 is 10.6 Å². The van der Waals surface area contributed by atoms with Crippen LogP contribution in [-0.2, 0) is 6.54 Å². The van der Waals surface area contributed by atoms with E-state index >= 15 is 0 Å². The molecule has 17 heavy (non-hydrogen) atoms. The maximum absolute atomic E-state index is 4.52. The topological polar surface area (TPSA) is 36.4 Å². The van der Waals surface area contributed by atoms with Crippen LogP contribution in [0.5, 0.6) is 0 Å². The first-order valence-electron chi connectivity index (χ1n) is 5.41. The van der Waals surface area contributed by atoms with Gasteiger partial charge in [0.1, 0.15) is 0 Å². The summed E-state index contributed by atoms with van der Waals surface area (Å²) in [4.78, 5) is 5.78. The van der Waals surface area contributed by atoms with Crippen LogP contribution in [0.4, 0.5) is 0 Å². The largest absolute Gasteiger partial charge is 0.357 e. The van der Waals surface area contributed by atoms with Gasteiger partial charge in [-0.05, 0) is 48.8 Å². The molecule has 1 aromatic rings. The Morgan fingerprint density at radius 2 is 2.18 bits per heavy atom. The first-order valence-corrected chi connectivity index (χ1v) is 7.01. The van der Waals surface area contributed by atoms with E-state index in [2.05, 4.69) is 64.5 Å². The van der Waals surface area contributed by atoms with E-state index in [1.54, 1.807) is 11.3 Å². The van der Waals surface area contributed by atoms with Gasteiger partial charge in [0, 0.05) is 17.5 Å². The molecule has 0 bridgehead atoms. The third-order valence-corrected chi connectivity index (χ3v) is 3.40. The molecule has 0 aliphatic carbocycles. The average molecular weight is 432 g/mol. The number of nitrogens with zero attached hydrogens (tertiary/aromatic N) is 1. The van der Waals surface area contributed by atoms with E-state index in [1.807, 2.05) is 0 Å². The highest BCUT2D eigenvalue weighted by Gasteiger charge is 2.00. The highest BCUT2D eigenvalue weighted by molar-refractivity contribution is 14.0.